The van der Waals surface area contributed by atoms with E-state index in [1.165, 1.54) is 0 Å². The summed E-state index contributed by atoms with van der Waals surface area (Å²) in [4.78, 5) is 27.8. The van der Waals surface area contributed by atoms with Gasteiger partial charge in [-0.2, -0.15) is 0 Å². The summed E-state index contributed by atoms with van der Waals surface area (Å²) in [5, 5.41) is 12.0. The summed E-state index contributed by atoms with van der Waals surface area (Å²) >= 11 is 6.08. The number of hydrogen-bond donors (Lipinski definition) is 1. The normalized spacial score (nSPS) is 18.4. The Hall–Kier alpha value is -2.59. The van der Waals surface area contributed by atoms with Crippen molar-refractivity contribution in [2.24, 2.45) is 0 Å². The summed E-state index contributed by atoms with van der Waals surface area (Å²) in [6, 6.07) is 12.4. The number of likely N-dealkylation sites (tertiary alicyclic amines) is 1. The summed E-state index contributed by atoms with van der Waals surface area (Å²) in [5.41, 5.74) is 3.26. The van der Waals surface area contributed by atoms with Crippen molar-refractivity contribution in [3.05, 3.63) is 75.3 Å². The van der Waals surface area contributed by atoms with Gasteiger partial charge in [0.2, 0.25) is 0 Å². The van der Waals surface area contributed by atoms with Crippen LogP contribution in [-0.2, 0) is 15.0 Å². The lowest BCUT2D eigenvalue weighted by Crippen LogP contribution is -2.30. The predicted octanol–water partition coefficient (Wildman–Crippen LogP) is 6.56. The van der Waals surface area contributed by atoms with E-state index in [1.807, 2.05) is 37.3 Å². The highest BCUT2D eigenvalue weighted by Gasteiger charge is 2.45. The monoisotopic (exact) mass is 453 g/mol. The van der Waals surface area contributed by atoms with Crippen molar-refractivity contribution < 1.29 is 14.7 Å². The number of unbranched alkanes of at least 4 members (excludes halogenated alkanes) is 2. The Bertz CT molecular complexity index is 1050. The van der Waals surface area contributed by atoms with E-state index in [2.05, 4.69) is 27.7 Å². The number of carbonyl (C=O) groups is 2. The van der Waals surface area contributed by atoms with Gasteiger partial charge in [0, 0.05) is 17.1 Å². The van der Waals surface area contributed by atoms with E-state index in [0.717, 1.165) is 36.0 Å². The standard InChI is InChI=1S/C27H32ClNO3/c1-6-7-8-15-29-23(18-10-13-20(28)14-11-18)22(25(31)26(29)32)24(30)21-16-19(27(3,4)5)12-9-17(21)2/h9-14,16,23,30H,6-8,15H2,1-5H3/b24-22+. The maximum atomic E-state index is 13.2. The van der Waals surface area contributed by atoms with Crippen molar-refractivity contribution in [3.63, 3.8) is 0 Å². The van der Waals surface area contributed by atoms with Gasteiger partial charge in [-0.3, -0.25) is 9.59 Å². The van der Waals surface area contributed by atoms with Crippen LogP contribution in [-0.4, -0.2) is 28.2 Å². The number of rotatable bonds is 6. The molecule has 4 nitrogen and oxygen atoms in total. The predicted molar refractivity (Wildman–Crippen MR) is 130 cm³/mol. The van der Waals surface area contributed by atoms with Crippen LogP contribution in [0.15, 0.2) is 48.0 Å². The average Bonchev–Trinajstić information content (AvgIpc) is 2.98. The minimum Gasteiger partial charge on any atom is -0.507 e. The quantitative estimate of drug-likeness (QED) is 0.233. The van der Waals surface area contributed by atoms with Gasteiger partial charge in [0.1, 0.15) is 5.76 Å². The summed E-state index contributed by atoms with van der Waals surface area (Å²) in [6.07, 6.45) is 2.77. The Balaban J connectivity index is 2.19. The first kappa shape index (κ1) is 24.1. The molecule has 3 rings (SSSR count). The van der Waals surface area contributed by atoms with E-state index in [1.54, 1.807) is 17.0 Å². The smallest absolute Gasteiger partial charge is 0.295 e. The molecule has 1 atom stereocenters. The molecule has 1 aliphatic heterocycles. The van der Waals surface area contributed by atoms with E-state index >= 15 is 0 Å². The van der Waals surface area contributed by atoms with E-state index in [9.17, 15) is 14.7 Å². The Morgan fingerprint density at radius 1 is 1.06 bits per heavy atom. The molecule has 2 aromatic carbocycles. The van der Waals surface area contributed by atoms with Crippen LogP contribution in [0, 0.1) is 6.92 Å². The number of aryl methyl sites for hydroxylation is 1. The van der Waals surface area contributed by atoms with Crippen LogP contribution in [0.4, 0.5) is 0 Å². The number of aliphatic hydroxyl groups is 1. The molecule has 0 radical (unpaired) electrons. The van der Waals surface area contributed by atoms with Crippen LogP contribution in [0.5, 0.6) is 0 Å². The molecule has 2 aromatic rings. The number of nitrogens with zero attached hydrogens (tertiary/aromatic N) is 1. The largest absolute Gasteiger partial charge is 0.507 e. The summed E-state index contributed by atoms with van der Waals surface area (Å²) < 4.78 is 0. The second-order valence-electron chi connectivity index (χ2n) is 9.53. The number of halogens is 1. The van der Waals surface area contributed by atoms with Crippen molar-refractivity contribution in [1.29, 1.82) is 0 Å². The molecule has 5 heteroatoms. The molecular formula is C27H32ClNO3. The molecule has 32 heavy (non-hydrogen) atoms. The van der Waals surface area contributed by atoms with Gasteiger partial charge < -0.3 is 10.0 Å². The second-order valence-corrected chi connectivity index (χ2v) is 9.97. The maximum absolute atomic E-state index is 13.2. The molecular weight excluding hydrogens is 422 g/mol. The van der Waals surface area contributed by atoms with Crippen LogP contribution in [0.25, 0.3) is 5.76 Å². The molecule has 0 spiro atoms. The minimum atomic E-state index is -0.639. The number of benzene rings is 2. The van der Waals surface area contributed by atoms with E-state index in [-0.39, 0.29) is 16.7 Å². The molecule has 170 valence electrons. The average molecular weight is 454 g/mol. The van der Waals surface area contributed by atoms with Gasteiger partial charge in [0.25, 0.3) is 11.7 Å². The topological polar surface area (TPSA) is 57.6 Å². The van der Waals surface area contributed by atoms with E-state index in [4.69, 9.17) is 11.6 Å². The van der Waals surface area contributed by atoms with Gasteiger partial charge in [-0.1, -0.05) is 76.4 Å². The number of Topliss-reactive ketones (excluding diaryl/α,β-unsaturated/α-hetero) is 1. The first-order valence-electron chi connectivity index (χ1n) is 11.2. The highest BCUT2D eigenvalue weighted by atomic mass is 35.5. The number of ketones is 1. The third kappa shape index (κ3) is 4.75. The Labute approximate surface area is 195 Å². The maximum Gasteiger partial charge on any atom is 0.295 e. The van der Waals surface area contributed by atoms with Crippen molar-refractivity contribution in [2.45, 2.75) is 65.3 Å². The molecule has 1 unspecified atom stereocenters. The fraction of sp³-hybridized carbons (Fsp3) is 0.407. The van der Waals surface area contributed by atoms with Crippen LogP contribution in [0.2, 0.25) is 5.02 Å². The SMILES string of the molecule is CCCCCN1C(=O)C(=O)/C(=C(/O)c2cc(C(C)(C)C)ccc2C)C1c1ccc(Cl)cc1. The van der Waals surface area contributed by atoms with Crippen LogP contribution < -0.4 is 0 Å². The zero-order valence-electron chi connectivity index (χ0n) is 19.5. The fourth-order valence-corrected chi connectivity index (χ4v) is 4.25. The number of amides is 1. The van der Waals surface area contributed by atoms with Crippen LogP contribution in [0.3, 0.4) is 0 Å². The summed E-state index contributed by atoms with van der Waals surface area (Å²) in [5.74, 6) is -1.32. The van der Waals surface area contributed by atoms with Gasteiger partial charge >= 0.3 is 0 Å². The first-order valence-corrected chi connectivity index (χ1v) is 11.6. The van der Waals surface area contributed by atoms with Crippen molar-refractivity contribution in [3.8, 4) is 0 Å². The lowest BCUT2D eigenvalue weighted by Gasteiger charge is -2.26. The molecule has 1 aliphatic rings. The molecule has 0 aliphatic carbocycles. The van der Waals surface area contributed by atoms with Gasteiger partial charge in [-0.15, -0.1) is 0 Å². The summed E-state index contributed by atoms with van der Waals surface area (Å²) in [6.45, 7) is 10.8. The number of hydrogen-bond acceptors (Lipinski definition) is 3. The molecule has 1 fully saturated rings. The minimum absolute atomic E-state index is 0.120. The van der Waals surface area contributed by atoms with Crippen molar-refractivity contribution in [2.75, 3.05) is 6.54 Å². The highest BCUT2D eigenvalue weighted by molar-refractivity contribution is 6.46. The fourth-order valence-electron chi connectivity index (χ4n) is 4.12. The zero-order chi connectivity index (χ0) is 23.6. The molecule has 1 saturated heterocycles. The molecule has 0 bridgehead atoms. The molecule has 0 saturated carbocycles. The van der Waals surface area contributed by atoms with Crippen molar-refractivity contribution >= 4 is 29.1 Å². The highest BCUT2D eigenvalue weighted by Crippen LogP contribution is 2.41. The summed E-state index contributed by atoms with van der Waals surface area (Å²) in [7, 11) is 0. The number of aliphatic hydroxyl groups excluding tert-OH is 1. The third-order valence-corrected chi connectivity index (χ3v) is 6.34. The Morgan fingerprint density at radius 3 is 2.31 bits per heavy atom. The van der Waals surface area contributed by atoms with E-state index in [0.29, 0.717) is 17.1 Å². The van der Waals surface area contributed by atoms with Crippen molar-refractivity contribution in [1.82, 2.24) is 4.90 Å². The first-order chi connectivity index (χ1) is 15.1. The number of carbonyl (C=O) groups excluding carboxylic acids is 2. The van der Waals surface area contributed by atoms with E-state index < -0.39 is 17.7 Å². The Kier molecular flexibility index (Phi) is 7.14. The zero-order valence-corrected chi connectivity index (χ0v) is 20.3. The van der Waals surface area contributed by atoms with Crippen LogP contribution >= 0.6 is 11.6 Å². The lowest BCUT2D eigenvalue weighted by atomic mass is 9.84. The molecule has 1 N–H and O–H groups in total. The second kappa shape index (κ2) is 9.50. The van der Waals surface area contributed by atoms with Gasteiger partial charge in [0.15, 0.2) is 0 Å². The van der Waals surface area contributed by atoms with Gasteiger partial charge in [-0.25, -0.2) is 0 Å². The molecule has 1 heterocycles. The third-order valence-electron chi connectivity index (χ3n) is 6.09. The van der Waals surface area contributed by atoms with Gasteiger partial charge in [0.05, 0.1) is 11.6 Å². The Morgan fingerprint density at radius 2 is 1.72 bits per heavy atom. The van der Waals surface area contributed by atoms with Crippen LogP contribution in [0.1, 0.15) is 75.3 Å². The molecule has 1 amide bonds. The lowest BCUT2D eigenvalue weighted by molar-refractivity contribution is -0.139. The molecule has 0 aromatic heterocycles. The van der Waals surface area contributed by atoms with Gasteiger partial charge in [-0.05, 0) is 53.6 Å².